The molecule has 0 saturated carbocycles. The lowest BCUT2D eigenvalue weighted by Gasteiger charge is -2.39. The molecule has 98 valence electrons. The Kier molecular flexibility index (Phi) is 3.34. The highest BCUT2D eigenvalue weighted by atomic mass is 16.6. The lowest BCUT2D eigenvalue weighted by atomic mass is 9.91. The Bertz CT molecular complexity index is 284. The van der Waals surface area contributed by atoms with Crippen molar-refractivity contribution in [1.82, 2.24) is 4.90 Å². The van der Waals surface area contributed by atoms with Gasteiger partial charge >= 0.3 is 6.09 Å². The molecule has 4 nitrogen and oxygen atoms in total. The zero-order valence-electron chi connectivity index (χ0n) is 11.1. The van der Waals surface area contributed by atoms with Crippen LogP contribution < -0.4 is 5.73 Å². The molecule has 0 aromatic carbocycles. The molecular formula is C13H24N2O2. The van der Waals surface area contributed by atoms with Crippen LogP contribution in [0.5, 0.6) is 0 Å². The fourth-order valence-corrected chi connectivity index (χ4v) is 3.09. The summed E-state index contributed by atoms with van der Waals surface area (Å²) < 4.78 is 5.48. The third kappa shape index (κ3) is 2.73. The minimum absolute atomic E-state index is 0.138. The highest BCUT2D eigenvalue weighted by molar-refractivity contribution is 5.69. The van der Waals surface area contributed by atoms with Crippen molar-refractivity contribution in [3.8, 4) is 0 Å². The predicted octanol–water partition coefficient (Wildman–Crippen LogP) is 2.12. The van der Waals surface area contributed by atoms with Gasteiger partial charge in [0.1, 0.15) is 5.60 Å². The van der Waals surface area contributed by atoms with Gasteiger partial charge in [0.25, 0.3) is 0 Å². The van der Waals surface area contributed by atoms with Gasteiger partial charge in [0, 0.05) is 12.1 Å². The first-order chi connectivity index (χ1) is 7.90. The van der Waals surface area contributed by atoms with Crippen molar-refractivity contribution in [3.05, 3.63) is 0 Å². The highest BCUT2D eigenvalue weighted by Gasteiger charge is 2.44. The van der Waals surface area contributed by atoms with Gasteiger partial charge in [-0.2, -0.15) is 0 Å². The normalized spacial score (nSPS) is 32.7. The van der Waals surface area contributed by atoms with Crippen LogP contribution in [0.1, 0.15) is 46.5 Å². The third-order valence-corrected chi connectivity index (χ3v) is 3.77. The molecule has 2 saturated heterocycles. The van der Waals surface area contributed by atoms with Crippen LogP contribution >= 0.6 is 0 Å². The molecule has 2 aliphatic heterocycles. The van der Waals surface area contributed by atoms with Gasteiger partial charge in [-0.3, -0.25) is 0 Å². The second-order valence-corrected chi connectivity index (χ2v) is 6.35. The summed E-state index contributed by atoms with van der Waals surface area (Å²) >= 11 is 0. The first-order valence-electron chi connectivity index (χ1n) is 6.62. The summed E-state index contributed by atoms with van der Waals surface area (Å²) in [6.07, 6.45) is 4.18. The Morgan fingerprint density at radius 1 is 1.29 bits per heavy atom. The van der Waals surface area contributed by atoms with E-state index in [0.29, 0.717) is 18.0 Å². The Morgan fingerprint density at radius 2 is 1.82 bits per heavy atom. The lowest BCUT2D eigenvalue weighted by Crippen LogP contribution is -2.49. The Morgan fingerprint density at radius 3 is 2.24 bits per heavy atom. The predicted molar refractivity (Wildman–Crippen MR) is 66.7 cm³/mol. The number of ether oxygens (including phenoxy) is 1. The van der Waals surface area contributed by atoms with Crippen molar-refractivity contribution in [3.63, 3.8) is 0 Å². The molecule has 0 radical (unpaired) electrons. The van der Waals surface area contributed by atoms with Crippen molar-refractivity contribution < 1.29 is 9.53 Å². The first-order valence-corrected chi connectivity index (χ1v) is 6.62. The van der Waals surface area contributed by atoms with Crippen LogP contribution in [-0.2, 0) is 4.74 Å². The first kappa shape index (κ1) is 12.7. The second-order valence-electron chi connectivity index (χ2n) is 6.35. The quantitative estimate of drug-likeness (QED) is 0.764. The minimum Gasteiger partial charge on any atom is -0.444 e. The molecule has 2 N–H and O–H groups in total. The Balaban J connectivity index is 2.01. The fourth-order valence-electron chi connectivity index (χ4n) is 3.09. The minimum atomic E-state index is -0.402. The van der Waals surface area contributed by atoms with E-state index in [1.54, 1.807) is 0 Å². The van der Waals surface area contributed by atoms with Crippen molar-refractivity contribution >= 4 is 6.09 Å². The summed E-state index contributed by atoms with van der Waals surface area (Å²) in [5.41, 5.74) is 5.34. The molecule has 17 heavy (non-hydrogen) atoms. The maximum atomic E-state index is 12.1. The molecule has 2 bridgehead atoms. The SMILES string of the molecule is CC(C)(C)OC(=O)N1[C@@H]2CC[C@@H]1CC(CN)C2. The number of amides is 1. The number of fused-ring (bicyclic) bond motifs is 2. The molecule has 2 fully saturated rings. The van der Waals surface area contributed by atoms with Crippen molar-refractivity contribution in [2.24, 2.45) is 11.7 Å². The molecular weight excluding hydrogens is 216 g/mol. The molecule has 2 rings (SSSR count). The number of carbonyl (C=O) groups is 1. The maximum absolute atomic E-state index is 12.1. The summed E-state index contributed by atoms with van der Waals surface area (Å²) in [5, 5.41) is 0. The van der Waals surface area contributed by atoms with Gasteiger partial charge < -0.3 is 15.4 Å². The second kappa shape index (κ2) is 4.48. The number of hydrogen-bond acceptors (Lipinski definition) is 3. The van der Waals surface area contributed by atoms with Crippen LogP contribution in [0.3, 0.4) is 0 Å². The van der Waals surface area contributed by atoms with E-state index in [0.717, 1.165) is 32.2 Å². The molecule has 2 aliphatic rings. The van der Waals surface area contributed by atoms with Gasteiger partial charge in [0.15, 0.2) is 0 Å². The van der Waals surface area contributed by atoms with E-state index in [1.165, 1.54) is 0 Å². The van der Waals surface area contributed by atoms with Gasteiger partial charge in [0.05, 0.1) is 0 Å². The average molecular weight is 240 g/mol. The summed E-state index contributed by atoms with van der Waals surface area (Å²) in [5.74, 6) is 0.589. The summed E-state index contributed by atoms with van der Waals surface area (Å²) in [4.78, 5) is 14.1. The van der Waals surface area contributed by atoms with Crippen LogP contribution in [0.4, 0.5) is 4.79 Å². The number of piperidine rings is 1. The standard InChI is InChI=1S/C13H24N2O2/c1-13(2,3)17-12(16)15-10-4-5-11(15)7-9(6-10)8-14/h9-11H,4-8,14H2,1-3H3/t10-,11-/m1/s1. The summed E-state index contributed by atoms with van der Waals surface area (Å²) in [6, 6.07) is 0.717. The zero-order valence-corrected chi connectivity index (χ0v) is 11.1. The molecule has 4 heteroatoms. The van der Waals surface area contributed by atoms with Crippen LogP contribution in [0.2, 0.25) is 0 Å². The number of nitrogens with zero attached hydrogens (tertiary/aromatic N) is 1. The molecule has 0 aromatic rings. The summed E-state index contributed by atoms with van der Waals surface area (Å²) in [7, 11) is 0. The monoisotopic (exact) mass is 240 g/mol. The van der Waals surface area contributed by atoms with E-state index in [9.17, 15) is 4.79 Å². The van der Waals surface area contributed by atoms with Crippen molar-refractivity contribution in [1.29, 1.82) is 0 Å². The van der Waals surface area contributed by atoms with Crippen LogP contribution in [0.25, 0.3) is 0 Å². The van der Waals surface area contributed by atoms with E-state index in [4.69, 9.17) is 10.5 Å². The Labute approximate surface area is 103 Å². The van der Waals surface area contributed by atoms with Gasteiger partial charge in [0.2, 0.25) is 0 Å². The largest absolute Gasteiger partial charge is 0.444 e. The summed E-state index contributed by atoms with van der Waals surface area (Å²) in [6.45, 7) is 6.49. The van der Waals surface area contributed by atoms with Crippen LogP contribution in [0.15, 0.2) is 0 Å². The molecule has 2 heterocycles. The van der Waals surface area contributed by atoms with Crippen molar-refractivity contribution in [2.75, 3.05) is 6.54 Å². The van der Waals surface area contributed by atoms with E-state index < -0.39 is 5.60 Å². The highest BCUT2D eigenvalue weighted by Crippen LogP contribution is 2.39. The average Bonchev–Trinajstić information content (AvgIpc) is 2.47. The molecule has 0 aromatic heterocycles. The number of carbonyl (C=O) groups excluding carboxylic acids is 1. The van der Waals surface area contributed by atoms with Gasteiger partial charge in [-0.05, 0) is 58.9 Å². The molecule has 0 aliphatic carbocycles. The van der Waals surface area contributed by atoms with Gasteiger partial charge in [-0.15, -0.1) is 0 Å². The smallest absolute Gasteiger partial charge is 0.410 e. The lowest BCUT2D eigenvalue weighted by molar-refractivity contribution is 0.00261. The number of hydrogen-bond donors (Lipinski definition) is 1. The van der Waals surface area contributed by atoms with Crippen molar-refractivity contribution in [2.45, 2.75) is 64.1 Å². The van der Waals surface area contributed by atoms with E-state index in [-0.39, 0.29) is 6.09 Å². The maximum Gasteiger partial charge on any atom is 0.410 e. The molecule has 0 spiro atoms. The Hall–Kier alpha value is -0.770. The number of nitrogens with two attached hydrogens (primary N) is 1. The van der Waals surface area contributed by atoms with E-state index in [2.05, 4.69) is 0 Å². The number of rotatable bonds is 1. The van der Waals surface area contributed by atoms with Gasteiger partial charge in [-0.1, -0.05) is 0 Å². The van der Waals surface area contributed by atoms with Crippen LogP contribution in [0, 0.1) is 5.92 Å². The molecule has 0 unspecified atom stereocenters. The zero-order chi connectivity index (χ0) is 12.6. The molecule has 2 atom stereocenters. The van der Waals surface area contributed by atoms with E-state index in [1.807, 2.05) is 25.7 Å². The van der Waals surface area contributed by atoms with Crippen LogP contribution in [-0.4, -0.2) is 35.2 Å². The molecule has 1 amide bonds. The van der Waals surface area contributed by atoms with E-state index >= 15 is 0 Å². The van der Waals surface area contributed by atoms with Gasteiger partial charge in [-0.25, -0.2) is 4.79 Å². The fraction of sp³-hybridized carbons (Fsp3) is 0.923. The third-order valence-electron chi connectivity index (χ3n) is 3.77. The topological polar surface area (TPSA) is 55.6 Å².